The lowest BCUT2D eigenvalue weighted by Crippen LogP contribution is -2.16. The van der Waals surface area contributed by atoms with Crippen molar-refractivity contribution in [2.45, 2.75) is 0 Å². The monoisotopic (exact) mass is 281 g/mol. The highest BCUT2D eigenvalue weighted by Crippen LogP contribution is 2.14. The molecule has 1 heterocycles. The lowest BCUT2D eigenvalue weighted by molar-refractivity contribution is 0.102. The number of halogens is 1. The van der Waals surface area contributed by atoms with E-state index >= 15 is 0 Å². The SMILES string of the molecule is O=C(Nc1ccc(F)cc1)c1cncn1-c1ccccc1. The number of carbonyl (C=O) groups excluding carboxylic acids is 1. The summed E-state index contributed by atoms with van der Waals surface area (Å²) in [5.41, 5.74) is 1.78. The second kappa shape index (κ2) is 5.58. The molecule has 1 N–H and O–H groups in total. The molecule has 3 rings (SSSR count). The molecule has 0 unspecified atom stereocenters. The molecule has 0 saturated heterocycles. The van der Waals surface area contributed by atoms with E-state index in [0.29, 0.717) is 11.4 Å². The van der Waals surface area contributed by atoms with Crippen molar-refractivity contribution < 1.29 is 9.18 Å². The third-order valence-electron chi connectivity index (χ3n) is 3.01. The first-order valence-corrected chi connectivity index (χ1v) is 6.39. The minimum absolute atomic E-state index is 0.303. The van der Waals surface area contributed by atoms with E-state index in [4.69, 9.17) is 0 Å². The highest BCUT2D eigenvalue weighted by molar-refractivity contribution is 6.03. The molecule has 0 spiro atoms. The Balaban J connectivity index is 1.86. The minimum atomic E-state index is -0.345. The number of nitrogens with zero attached hydrogens (tertiary/aromatic N) is 2. The standard InChI is InChI=1S/C16H12FN3O/c17-12-6-8-13(9-7-12)19-16(21)15-10-18-11-20(15)14-4-2-1-3-5-14/h1-11H,(H,19,21). The molecule has 5 heteroatoms. The Hall–Kier alpha value is -2.95. The maximum absolute atomic E-state index is 12.9. The van der Waals surface area contributed by atoms with Crippen molar-refractivity contribution >= 4 is 11.6 Å². The number of imidazole rings is 1. The molecule has 21 heavy (non-hydrogen) atoms. The van der Waals surface area contributed by atoms with Crippen molar-refractivity contribution in [3.63, 3.8) is 0 Å². The highest BCUT2D eigenvalue weighted by Gasteiger charge is 2.13. The van der Waals surface area contributed by atoms with Gasteiger partial charge in [-0.3, -0.25) is 9.36 Å². The van der Waals surface area contributed by atoms with Crippen molar-refractivity contribution in [3.05, 3.63) is 78.6 Å². The predicted octanol–water partition coefficient (Wildman–Crippen LogP) is 3.26. The summed E-state index contributed by atoms with van der Waals surface area (Å²) < 4.78 is 14.5. The summed E-state index contributed by atoms with van der Waals surface area (Å²) in [6.07, 6.45) is 3.07. The fourth-order valence-corrected chi connectivity index (χ4v) is 1.99. The fourth-order valence-electron chi connectivity index (χ4n) is 1.99. The summed E-state index contributed by atoms with van der Waals surface area (Å²) >= 11 is 0. The van der Waals surface area contributed by atoms with Gasteiger partial charge in [-0.15, -0.1) is 0 Å². The summed E-state index contributed by atoms with van der Waals surface area (Å²) in [5.74, 6) is -0.648. The van der Waals surface area contributed by atoms with Crippen molar-refractivity contribution in [1.29, 1.82) is 0 Å². The lowest BCUT2D eigenvalue weighted by Gasteiger charge is -2.08. The number of para-hydroxylation sites is 1. The molecular weight excluding hydrogens is 269 g/mol. The molecule has 2 aromatic carbocycles. The molecule has 4 nitrogen and oxygen atoms in total. The van der Waals surface area contributed by atoms with E-state index in [1.54, 1.807) is 10.9 Å². The molecule has 104 valence electrons. The number of rotatable bonds is 3. The maximum Gasteiger partial charge on any atom is 0.274 e. The Bertz CT molecular complexity index is 751. The van der Waals surface area contributed by atoms with Gasteiger partial charge in [0, 0.05) is 11.4 Å². The van der Waals surface area contributed by atoms with Crippen LogP contribution >= 0.6 is 0 Å². The van der Waals surface area contributed by atoms with Gasteiger partial charge in [0.2, 0.25) is 0 Å². The van der Waals surface area contributed by atoms with Crippen LogP contribution in [-0.4, -0.2) is 15.5 Å². The number of benzene rings is 2. The van der Waals surface area contributed by atoms with Crippen LogP contribution in [0.4, 0.5) is 10.1 Å². The van der Waals surface area contributed by atoms with Gasteiger partial charge >= 0.3 is 0 Å². The molecule has 0 saturated carbocycles. The first-order chi connectivity index (χ1) is 10.2. The zero-order valence-electron chi connectivity index (χ0n) is 11.0. The Labute approximate surface area is 120 Å². The second-order valence-corrected chi connectivity index (χ2v) is 4.45. The van der Waals surface area contributed by atoms with E-state index in [2.05, 4.69) is 10.3 Å². The summed E-state index contributed by atoms with van der Waals surface area (Å²) in [7, 11) is 0. The third kappa shape index (κ3) is 2.81. The maximum atomic E-state index is 12.9. The third-order valence-corrected chi connectivity index (χ3v) is 3.01. The average Bonchev–Trinajstić information content (AvgIpc) is 3.00. The number of nitrogens with one attached hydrogen (secondary N) is 1. The topological polar surface area (TPSA) is 46.9 Å². The largest absolute Gasteiger partial charge is 0.321 e. The normalized spacial score (nSPS) is 10.3. The zero-order valence-corrected chi connectivity index (χ0v) is 11.0. The molecule has 0 aliphatic heterocycles. The van der Waals surface area contributed by atoms with E-state index in [9.17, 15) is 9.18 Å². The van der Waals surface area contributed by atoms with Crippen LogP contribution in [0, 0.1) is 5.82 Å². The van der Waals surface area contributed by atoms with Gasteiger partial charge in [-0.25, -0.2) is 9.37 Å². The number of amides is 1. The minimum Gasteiger partial charge on any atom is -0.321 e. The molecule has 3 aromatic rings. The molecule has 1 aromatic heterocycles. The molecule has 0 fully saturated rings. The molecule has 0 aliphatic carbocycles. The summed E-state index contributed by atoms with van der Waals surface area (Å²) in [4.78, 5) is 16.3. The van der Waals surface area contributed by atoms with Crippen LogP contribution < -0.4 is 5.32 Å². The number of hydrogen-bond donors (Lipinski definition) is 1. The van der Waals surface area contributed by atoms with Crippen LogP contribution in [0.15, 0.2) is 67.1 Å². The Morgan fingerprint density at radius 2 is 1.76 bits per heavy atom. The first kappa shape index (κ1) is 13.1. The molecule has 1 amide bonds. The van der Waals surface area contributed by atoms with Gasteiger partial charge < -0.3 is 5.32 Å². The Morgan fingerprint density at radius 1 is 1.05 bits per heavy atom. The smallest absolute Gasteiger partial charge is 0.274 e. The molecule has 0 aliphatic rings. The Kier molecular flexibility index (Phi) is 3.47. The van der Waals surface area contributed by atoms with Crippen molar-refractivity contribution in [1.82, 2.24) is 9.55 Å². The van der Waals surface area contributed by atoms with Gasteiger partial charge in [0.15, 0.2) is 0 Å². The van der Waals surface area contributed by atoms with Crippen molar-refractivity contribution in [2.24, 2.45) is 0 Å². The van der Waals surface area contributed by atoms with Gasteiger partial charge in [-0.05, 0) is 36.4 Å². The summed E-state index contributed by atoms with van der Waals surface area (Å²) in [6, 6.07) is 15.1. The van der Waals surface area contributed by atoms with Gasteiger partial charge in [0.05, 0.1) is 12.5 Å². The second-order valence-electron chi connectivity index (χ2n) is 4.45. The Morgan fingerprint density at radius 3 is 2.48 bits per heavy atom. The van der Waals surface area contributed by atoms with Gasteiger partial charge in [0.1, 0.15) is 11.5 Å². The van der Waals surface area contributed by atoms with Gasteiger partial charge in [-0.2, -0.15) is 0 Å². The van der Waals surface area contributed by atoms with Crippen molar-refractivity contribution in [2.75, 3.05) is 5.32 Å². The highest BCUT2D eigenvalue weighted by atomic mass is 19.1. The van der Waals surface area contributed by atoms with Crippen LogP contribution in [0.3, 0.4) is 0 Å². The number of hydrogen-bond acceptors (Lipinski definition) is 2. The van der Waals surface area contributed by atoms with Gasteiger partial charge in [-0.1, -0.05) is 18.2 Å². The summed E-state index contributed by atoms with van der Waals surface area (Å²) in [5, 5.41) is 2.72. The number of carbonyl (C=O) groups is 1. The van der Waals surface area contributed by atoms with E-state index in [1.165, 1.54) is 30.5 Å². The number of anilines is 1. The van der Waals surface area contributed by atoms with Crippen LogP contribution in [0.5, 0.6) is 0 Å². The zero-order chi connectivity index (χ0) is 14.7. The van der Waals surface area contributed by atoms with Crippen molar-refractivity contribution in [3.8, 4) is 5.69 Å². The van der Waals surface area contributed by atoms with E-state index in [0.717, 1.165) is 5.69 Å². The number of aromatic nitrogens is 2. The summed E-state index contributed by atoms with van der Waals surface area (Å²) in [6.45, 7) is 0. The molecule has 0 bridgehead atoms. The first-order valence-electron chi connectivity index (χ1n) is 6.39. The fraction of sp³-hybridized carbons (Fsp3) is 0. The van der Waals surface area contributed by atoms with Crippen LogP contribution in [0.1, 0.15) is 10.5 Å². The van der Waals surface area contributed by atoms with E-state index in [1.807, 2.05) is 30.3 Å². The van der Waals surface area contributed by atoms with E-state index in [-0.39, 0.29) is 11.7 Å². The lowest BCUT2D eigenvalue weighted by atomic mass is 10.3. The molecular formula is C16H12FN3O. The van der Waals surface area contributed by atoms with Crippen LogP contribution in [-0.2, 0) is 0 Å². The molecule has 0 radical (unpaired) electrons. The average molecular weight is 281 g/mol. The van der Waals surface area contributed by atoms with Gasteiger partial charge in [0.25, 0.3) is 5.91 Å². The quantitative estimate of drug-likeness (QED) is 0.801. The van der Waals surface area contributed by atoms with E-state index < -0.39 is 0 Å². The molecule has 0 atom stereocenters. The van der Waals surface area contributed by atoms with Crippen LogP contribution in [0.2, 0.25) is 0 Å². The predicted molar refractivity (Wildman–Crippen MR) is 77.9 cm³/mol. The van der Waals surface area contributed by atoms with Crippen LogP contribution in [0.25, 0.3) is 5.69 Å².